The number of halogens is 2. The molecule has 1 aromatic carbocycles. The maximum atomic E-state index is 13.6. The Labute approximate surface area is 112 Å². The molecule has 20 heavy (non-hydrogen) atoms. The predicted octanol–water partition coefficient (Wildman–Crippen LogP) is 0.628. The van der Waals surface area contributed by atoms with Crippen LogP contribution < -0.4 is 0 Å². The summed E-state index contributed by atoms with van der Waals surface area (Å²) in [4.78, 5) is 8.48. The highest BCUT2D eigenvalue weighted by molar-refractivity contribution is 7.89. The molecule has 1 N–H and O–H groups in total. The van der Waals surface area contributed by atoms with Crippen molar-refractivity contribution in [3.63, 3.8) is 0 Å². The second kappa shape index (κ2) is 5.04. The first-order valence-electron chi connectivity index (χ1n) is 5.55. The Kier molecular flexibility index (Phi) is 3.71. The van der Waals surface area contributed by atoms with Crippen LogP contribution in [0.3, 0.4) is 0 Å². The highest BCUT2D eigenvalue weighted by Gasteiger charge is 2.35. The molecule has 1 aromatic rings. The first kappa shape index (κ1) is 14.8. The van der Waals surface area contributed by atoms with Gasteiger partial charge in [-0.25, -0.2) is 12.8 Å². The summed E-state index contributed by atoms with van der Waals surface area (Å²) in [6, 6.07) is 0.516. The van der Waals surface area contributed by atoms with Crippen LogP contribution in [0.5, 0.6) is 0 Å². The zero-order valence-electron chi connectivity index (χ0n) is 9.99. The number of aliphatic hydroxyl groups excluding tert-OH is 1. The van der Waals surface area contributed by atoms with E-state index in [1.54, 1.807) is 0 Å². The number of aliphatic hydroxyl groups is 1. The van der Waals surface area contributed by atoms with E-state index in [1.807, 2.05) is 0 Å². The molecule has 0 amide bonds. The molecule has 0 aromatic heterocycles. The van der Waals surface area contributed by atoms with Gasteiger partial charge in [-0.2, -0.15) is 8.70 Å². The van der Waals surface area contributed by atoms with Crippen molar-refractivity contribution in [3.05, 3.63) is 33.9 Å². The molecule has 0 unspecified atom stereocenters. The number of benzene rings is 1. The third kappa shape index (κ3) is 2.49. The summed E-state index contributed by atoms with van der Waals surface area (Å²) in [7, 11) is -4.35. The van der Waals surface area contributed by atoms with Gasteiger partial charge in [0.25, 0.3) is 0 Å². The van der Waals surface area contributed by atoms with Crippen molar-refractivity contribution in [1.29, 1.82) is 0 Å². The van der Waals surface area contributed by atoms with Crippen molar-refractivity contribution in [3.8, 4) is 0 Å². The van der Waals surface area contributed by atoms with Gasteiger partial charge in [-0.1, -0.05) is 0 Å². The van der Waals surface area contributed by atoms with E-state index in [1.165, 1.54) is 0 Å². The van der Waals surface area contributed by atoms with Gasteiger partial charge >= 0.3 is 5.69 Å². The molecule has 0 spiro atoms. The molecule has 0 radical (unpaired) electrons. The maximum Gasteiger partial charge on any atom is 0.306 e. The number of hydrogen-bond donors (Lipinski definition) is 1. The Balaban J connectivity index is 2.51. The molecule has 110 valence electrons. The van der Waals surface area contributed by atoms with Crippen LogP contribution in [-0.2, 0) is 10.0 Å². The summed E-state index contributed by atoms with van der Waals surface area (Å²) in [6.45, 7) is -0.263. The van der Waals surface area contributed by atoms with Gasteiger partial charge in [0, 0.05) is 25.2 Å². The van der Waals surface area contributed by atoms with Gasteiger partial charge in [0.05, 0.1) is 11.0 Å². The third-order valence-electron chi connectivity index (χ3n) is 2.94. The van der Waals surface area contributed by atoms with E-state index >= 15 is 0 Å². The minimum absolute atomic E-state index is 0.0336. The van der Waals surface area contributed by atoms with Gasteiger partial charge in [-0.3, -0.25) is 10.1 Å². The molecule has 2 rings (SSSR count). The van der Waals surface area contributed by atoms with Crippen molar-refractivity contribution in [1.82, 2.24) is 4.31 Å². The zero-order valence-corrected chi connectivity index (χ0v) is 10.8. The van der Waals surface area contributed by atoms with Crippen molar-refractivity contribution < 1.29 is 27.2 Å². The number of nitro groups is 1. The number of β-amino-alcohol motifs (C(OH)–C–C–N with tert-alkyl or cyclic N) is 1. The van der Waals surface area contributed by atoms with Crippen molar-refractivity contribution in [2.24, 2.45) is 0 Å². The molecule has 1 aliphatic heterocycles. The fourth-order valence-corrected chi connectivity index (χ4v) is 3.48. The Morgan fingerprint density at radius 3 is 2.50 bits per heavy atom. The summed E-state index contributed by atoms with van der Waals surface area (Å²) in [5.74, 6) is -2.86. The Morgan fingerprint density at radius 1 is 1.35 bits per heavy atom. The molecular formula is C10H10F2N2O5S. The quantitative estimate of drug-likeness (QED) is 0.652. The second-order valence-electron chi connectivity index (χ2n) is 4.30. The van der Waals surface area contributed by atoms with E-state index in [4.69, 9.17) is 0 Å². The van der Waals surface area contributed by atoms with Crippen LogP contribution in [0.1, 0.15) is 6.42 Å². The normalized spacial score (nSPS) is 20.2. The Bertz CT molecular complexity index is 664. The third-order valence-corrected chi connectivity index (χ3v) is 4.82. The Morgan fingerprint density at radius 2 is 2.00 bits per heavy atom. The molecule has 0 aliphatic carbocycles. The number of sulfonamides is 1. The van der Waals surface area contributed by atoms with Crippen LogP contribution in [0.4, 0.5) is 14.5 Å². The summed E-state index contributed by atoms with van der Waals surface area (Å²) in [6.07, 6.45) is -0.687. The number of nitro benzene ring substituents is 1. The lowest BCUT2D eigenvalue weighted by Crippen LogP contribution is -2.30. The lowest BCUT2D eigenvalue weighted by atomic mass is 10.3. The highest BCUT2D eigenvalue weighted by Crippen LogP contribution is 2.28. The van der Waals surface area contributed by atoms with E-state index in [2.05, 4.69) is 0 Å². The lowest BCUT2D eigenvalue weighted by molar-refractivity contribution is -0.387. The van der Waals surface area contributed by atoms with E-state index in [-0.39, 0.29) is 25.6 Å². The summed E-state index contributed by atoms with van der Waals surface area (Å²) in [5, 5.41) is 19.9. The molecular weight excluding hydrogens is 298 g/mol. The van der Waals surface area contributed by atoms with Crippen molar-refractivity contribution in [2.45, 2.75) is 17.4 Å². The molecule has 1 fully saturated rings. The first-order valence-corrected chi connectivity index (χ1v) is 6.99. The highest BCUT2D eigenvalue weighted by atomic mass is 32.2. The number of rotatable bonds is 3. The number of hydrogen-bond acceptors (Lipinski definition) is 5. The van der Waals surface area contributed by atoms with E-state index in [0.29, 0.717) is 6.07 Å². The van der Waals surface area contributed by atoms with E-state index in [0.717, 1.165) is 4.31 Å². The van der Waals surface area contributed by atoms with Crippen LogP contribution in [0, 0.1) is 21.7 Å². The second-order valence-corrected chi connectivity index (χ2v) is 6.20. The van der Waals surface area contributed by atoms with E-state index < -0.39 is 43.3 Å². The van der Waals surface area contributed by atoms with Gasteiger partial charge in [0.1, 0.15) is 10.7 Å². The summed E-state index contributed by atoms with van der Waals surface area (Å²) in [5.41, 5.74) is -1.12. The van der Waals surface area contributed by atoms with Gasteiger partial charge in [0.15, 0.2) is 0 Å². The minimum Gasteiger partial charge on any atom is -0.392 e. The largest absolute Gasteiger partial charge is 0.392 e. The van der Waals surface area contributed by atoms with Crippen LogP contribution in [0.2, 0.25) is 0 Å². The molecule has 1 atom stereocenters. The fourth-order valence-electron chi connectivity index (χ4n) is 1.92. The predicted molar refractivity (Wildman–Crippen MR) is 62.4 cm³/mol. The van der Waals surface area contributed by atoms with E-state index in [9.17, 15) is 32.4 Å². The number of nitrogens with zero attached hydrogens (tertiary/aromatic N) is 2. The topological polar surface area (TPSA) is 101 Å². The van der Waals surface area contributed by atoms with Gasteiger partial charge in [0.2, 0.25) is 15.8 Å². The van der Waals surface area contributed by atoms with Crippen molar-refractivity contribution in [2.75, 3.05) is 13.1 Å². The average Bonchev–Trinajstić information content (AvgIpc) is 2.75. The van der Waals surface area contributed by atoms with Crippen LogP contribution in [-0.4, -0.2) is 41.9 Å². The monoisotopic (exact) mass is 308 g/mol. The smallest absolute Gasteiger partial charge is 0.306 e. The van der Waals surface area contributed by atoms with Crippen LogP contribution >= 0.6 is 0 Å². The minimum atomic E-state index is -4.35. The Hall–Kier alpha value is -1.65. The lowest BCUT2D eigenvalue weighted by Gasteiger charge is -2.16. The van der Waals surface area contributed by atoms with Crippen LogP contribution in [0.25, 0.3) is 0 Å². The fraction of sp³-hybridized carbons (Fsp3) is 0.400. The first-order chi connectivity index (χ1) is 9.23. The molecule has 1 aliphatic rings. The van der Waals surface area contributed by atoms with Gasteiger partial charge in [-0.05, 0) is 6.42 Å². The summed E-state index contributed by atoms with van der Waals surface area (Å²) < 4.78 is 51.8. The SMILES string of the molecule is O=[N+]([O-])c1cc(S(=O)(=O)N2CC[C@H](O)C2)c(F)cc1F. The molecule has 7 nitrogen and oxygen atoms in total. The van der Waals surface area contributed by atoms with Gasteiger partial charge < -0.3 is 5.11 Å². The molecule has 0 saturated carbocycles. The van der Waals surface area contributed by atoms with Crippen LogP contribution in [0.15, 0.2) is 17.0 Å². The van der Waals surface area contributed by atoms with Gasteiger partial charge in [-0.15, -0.1) is 0 Å². The van der Waals surface area contributed by atoms with Crippen molar-refractivity contribution >= 4 is 15.7 Å². The molecule has 0 bridgehead atoms. The summed E-state index contributed by atoms with van der Waals surface area (Å²) >= 11 is 0. The maximum absolute atomic E-state index is 13.6. The zero-order chi connectivity index (χ0) is 15.1. The standard InChI is InChI=1S/C10H10F2N2O5S/c11-7-3-8(12)10(4-9(7)14(16)17)20(18,19)13-2-1-6(15)5-13/h3-4,6,15H,1-2,5H2/t6-/m0/s1. The molecule has 1 saturated heterocycles. The molecule has 1 heterocycles. The molecule has 10 heteroatoms. The average molecular weight is 308 g/mol.